The van der Waals surface area contributed by atoms with Gasteiger partial charge in [0.25, 0.3) is 0 Å². The fraction of sp³-hybridized carbons (Fsp3) is 0.429. The number of fused-ring (bicyclic) bond motifs is 1. The van der Waals surface area contributed by atoms with Gasteiger partial charge in [-0.25, -0.2) is 4.79 Å². The van der Waals surface area contributed by atoms with Crippen LogP contribution < -0.4 is 21.7 Å². The first-order chi connectivity index (χ1) is 14.6. The van der Waals surface area contributed by atoms with Gasteiger partial charge in [-0.1, -0.05) is 32.0 Å². The van der Waals surface area contributed by atoms with Crippen molar-refractivity contribution < 1.29 is 24.3 Å². The average molecular weight is 431 g/mol. The first-order valence-corrected chi connectivity index (χ1v) is 10.0. The second-order valence-electron chi connectivity index (χ2n) is 7.74. The van der Waals surface area contributed by atoms with Gasteiger partial charge in [0, 0.05) is 23.5 Å². The summed E-state index contributed by atoms with van der Waals surface area (Å²) in [4.78, 5) is 51.0. The van der Waals surface area contributed by atoms with E-state index in [1.807, 2.05) is 24.3 Å². The molecule has 1 heterocycles. The number of aromatic nitrogens is 1. The first kappa shape index (κ1) is 23.9. The van der Waals surface area contributed by atoms with Gasteiger partial charge in [-0.05, 0) is 24.5 Å². The molecule has 2 rings (SSSR count). The first-order valence-electron chi connectivity index (χ1n) is 10.0. The van der Waals surface area contributed by atoms with Crippen molar-refractivity contribution in [3.63, 3.8) is 0 Å². The molecule has 10 nitrogen and oxygen atoms in total. The van der Waals surface area contributed by atoms with E-state index in [1.54, 1.807) is 20.0 Å². The number of nitrogens with one attached hydrogen (secondary N) is 4. The number of hydrogen-bond acceptors (Lipinski definition) is 5. The lowest BCUT2D eigenvalue weighted by atomic mass is 10.0. The largest absolute Gasteiger partial charge is 0.480 e. The predicted octanol–water partition coefficient (Wildman–Crippen LogP) is -0.116. The van der Waals surface area contributed by atoms with Crippen LogP contribution in [0.3, 0.4) is 0 Å². The summed E-state index contributed by atoms with van der Waals surface area (Å²) in [5.74, 6) is -2.97. The van der Waals surface area contributed by atoms with Crippen LogP contribution in [-0.4, -0.2) is 58.5 Å². The Morgan fingerprint density at radius 2 is 1.74 bits per heavy atom. The second kappa shape index (κ2) is 10.6. The lowest BCUT2D eigenvalue weighted by Gasteiger charge is -2.19. The van der Waals surface area contributed by atoms with Gasteiger partial charge in [-0.3, -0.25) is 14.4 Å². The molecule has 3 amide bonds. The van der Waals surface area contributed by atoms with E-state index in [2.05, 4.69) is 20.9 Å². The monoisotopic (exact) mass is 431 g/mol. The molecule has 0 spiro atoms. The number of hydrogen-bond donors (Lipinski definition) is 6. The predicted molar refractivity (Wildman–Crippen MR) is 115 cm³/mol. The van der Waals surface area contributed by atoms with Gasteiger partial charge in [0.15, 0.2) is 0 Å². The Morgan fingerprint density at radius 1 is 1.06 bits per heavy atom. The Hall–Kier alpha value is -3.40. The summed E-state index contributed by atoms with van der Waals surface area (Å²) in [5, 5.41) is 17.7. The molecule has 0 bridgehead atoms. The smallest absolute Gasteiger partial charge is 0.326 e. The lowest BCUT2D eigenvalue weighted by Crippen LogP contribution is -2.53. The van der Waals surface area contributed by atoms with Gasteiger partial charge in [0.2, 0.25) is 17.7 Å². The molecule has 2 aromatic rings. The van der Waals surface area contributed by atoms with E-state index in [0.29, 0.717) is 0 Å². The number of carboxylic acids is 1. The Balaban J connectivity index is 1.91. The maximum Gasteiger partial charge on any atom is 0.326 e. The number of benzene rings is 1. The molecule has 0 saturated carbocycles. The molecule has 3 atom stereocenters. The zero-order valence-electron chi connectivity index (χ0n) is 17.8. The molecule has 0 aliphatic heterocycles. The number of H-pyrrole nitrogens is 1. The molecule has 0 aliphatic carbocycles. The molecule has 0 fully saturated rings. The van der Waals surface area contributed by atoms with Gasteiger partial charge >= 0.3 is 5.97 Å². The van der Waals surface area contributed by atoms with Crippen LogP contribution in [0.15, 0.2) is 30.5 Å². The number of carbonyl (C=O) groups excluding carboxylic acids is 3. The molecule has 31 heavy (non-hydrogen) atoms. The maximum atomic E-state index is 12.4. The summed E-state index contributed by atoms with van der Waals surface area (Å²) in [6, 6.07) is 4.54. The standard InChI is InChI=1S/C21H29N5O5/c1-11(2)18(22)20(29)24-10-17(27)25-12(3)19(28)26-16(21(30)31)8-13-9-23-15-7-5-4-6-14(13)15/h4-7,9,11-12,16,18,23H,8,10,22H2,1-3H3,(H,24,29)(H,25,27)(H,26,28)(H,30,31). The summed E-state index contributed by atoms with van der Waals surface area (Å²) in [7, 11) is 0. The average Bonchev–Trinajstić information content (AvgIpc) is 3.13. The Labute approximate surface area is 179 Å². The minimum atomic E-state index is -1.19. The summed E-state index contributed by atoms with van der Waals surface area (Å²) < 4.78 is 0. The van der Waals surface area contributed by atoms with Crippen LogP contribution in [0, 0.1) is 5.92 Å². The van der Waals surface area contributed by atoms with E-state index in [-0.39, 0.29) is 18.9 Å². The van der Waals surface area contributed by atoms with E-state index in [1.165, 1.54) is 6.92 Å². The van der Waals surface area contributed by atoms with E-state index >= 15 is 0 Å². The van der Waals surface area contributed by atoms with Crippen LogP contribution in [-0.2, 0) is 25.6 Å². The van der Waals surface area contributed by atoms with Crippen molar-refractivity contribution in [3.8, 4) is 0 Å². The molecule has 7 N–H and O–H groups in total. The number of amides is 3. The highest BCUT2D eigenvalue weighted by Gasteiger charge is 2.25. The van der Waals surface area contributed by atoms with Crippen molar-refractivity contribution in [2.45, 2.75) is 45.3 Å². The summed E-state index contributed by atoms with van der Waals surface area (Å²) >= 11 is 0. The summed E-state index contributed by atoms with van der Waals surface area (Å²) in [6.45, 7) is 4.66. The van der Waals surface area contributed by atoms with Crippen molar-refractivity contribution in [1.82, 2.24) is 20.9 Å². The number of aliphatic carboxylic acids is 1. The lowest BCUT2D eigenvalue weighted by molar-refractivity contribution is -0.142. The highest BCUT2D eigenvalue weighted by atomic mass is 16.4. The number of carbonyl (C=O) groups is 4. The van der Waals surface area contributed by atoms with Gasteiger partial charge in [0.1, 0.15) is 12.1 Å². The van der Waals surface area contributed by atoms with Gasteiger partial charge in [-0.15, -0.1) is 0 Å². The molecule has 10 heteroatoms. The minimum Gasteiger partial charge on any atom is -0.480 e. The van der Waals surface area contributed by atoms with Gasteiger partial charge in [0.05, 0.1) is 12.6 Å². The van der Waals surface area contributed by atoms with E-state index in [4.69, 9.17) is 5.73 Å². The Bertz CT molecular complexity index is 955. The van der Waals surface area contributed by atoms with Crippen molar-refractivity contribution in [2.24, 2.45) is 11.7 Å². The van der Waals surface area contributed by atoms with E-state index in [9.17, 15) is 24.3 Å². The van der Waals surface area contributed by atoms with Crippen LogP contribution in [0.2, 0.25) is 0 Å². The van der Waals surface area contributed by atoms with E-state index in [0.717, 1.165) is 16.5 Å². The SMILES string of the molecule is CC(NC(=O)CNC(=O)C(N)C(C)C)C(=O)NC(Cc1c[nH]c2ccccc12)C(=O)O. The van der Waals surface area contributed by atoms with Crippen LogP contribution >= 0.6 is 0 Å². The third-order valence-corrected chi connectivity index (χ3v) is 4.93. The van der Waals surface area contributed by atoms with Gasteiger partial charge in [-0.2, -0.15) is 0 Å². The number of nitrogens with two attached hydrogens (primary N) is 1. The van der Waals surface area contributed by atoms with Crippen LogP contribution in [0.25, 0.3) is 10.9 Å². The summed E-state index contributed by atoms with van der Waals surface area (Å²) in [6.07, 6.45) is 1.79. The molecule has 0 saturated heterocycles. The summed E-state index contributed by atoms with van der Waals surface area (Å²) in [5.41, 5.74) is 7.33. The van der Waals surface area contributed by atoms with Gasteiger partial charge < -0.3 is 31.8 Å². The van der Waals surface area contributed by atoms with Crippen molar-refractivity contribution in [2.75, 3.05) is 6.54 Å². The van der Waals surface area contributed by atoms with Crippen molar-refractivity contribution >= 4 is 34.6 Å². The Morgan fingerprint density at radius 3 is 2.39 bits per heavy atom. The topological polar surface area (TPSA) is 166 Å². The zero-order valence-corrected chi connectivity index (χ0v) is 17.8. The molecule has 0 radical (unpaired) electrons. The quantitative estimate of drug-likeness (QED) is 0.307. The maximum absolute atomic E-state index is 12.4. The zero-order chi connectivity index (χ0) is 23.1. The third kappa shape index (κ3) is 6.54. The molecular formula is C21H29N5O5. The molecule has 1 aromatic carbocycles. The number of aromatic amines is 1. The molecule has 3 unspecified atom stereocenters. The van der Waals surface area contributed by atoms with Crippen molar-refractivity contribution in [1.29, 1.82) is 0 Å². The molecule has 168 valence electrons. The molecule has 1 aromatic heterocycles. The third-order valence-electron chi connectivity index (χ3n) is 4.93. The van der Waals surface area contributed by atoms with Crippen LogP contribution in [0.1, 0.15) is 26.3 Å². The fourth-order valence-electron chi connectivity index (χ4n) is 2.96. The van der Waals surface area contributed by atoms with Crippen LogP contribution in [0.5, 0.6) is 0 Å². The van der Waals surface area contributed by atoms with E-state index < -0.39 is 41.8 Å². The number of carboxylic acid groups (broad SMARTS) is 1. The molecule has 0 aliphatic rings. The highest BCUT2D eigenvalue weighted by molar-refractivity contribution is 5.92. The second-order valence-corrected chi connectivity index (χ2v) is 7.74. The fourth-order valence-corrected chi connectivity index (χ4v) is 2.96. The number of rotatable bonds is 10. The highest BCUT2D eigenvalue weighted by Crippen LogP contribution is 2.19. The molecular weight excluding hydrogens is 402 g/mol. The number of para-hydroxylation sites is 1. The van der Waals surface area contributed by atoms with Crippen LogP contribution in [0.4, 0.5) is 0 Å². The van der Waals surface area contributed by atoms with Crippen molar-refractivity contribution in [3.05, 3.63) is 36.0 Å². The minimum absolute atomic E-state index is 0.0783. The normalized spacial score (nSPS) is 14.0. The Kier molecular flexibility index (Phi) is 8.14.